The number of hydrogen-bond acceptors (Lipinski definition) is 2. The lowest BCUT2D eigenvalue weighted by Gasteiger charge is -2.24. The Morgan fingerprint density at radius 2 is 2.35 bits per heavy atom. The van der Waals surface area contributed by atoms with E-state index in [4.69, 9.17) is 0 Å². The molecule has 1 aliphatic rings. The Hall–Kier alpha value is -0.960. The highest BCUT2D eigenvalue weighted by atomic mass is 32.2. The van der Waals surface area contributed by atoms with Crippen LogP contribution in [0.2, 0.25) is 0 Å². The predicted octanol–water partition coefficient (Wildman–Crippen LogP) is 3.10. The molecule has 0 N–H and O–H groups in total. The summed E-state index contributed by atoms with van der Waals surface area (Å²) >= 11 is 1.89. The van der Waals surface area contributed by atoms with Crippen LogP contribution in [-0.4, -0.2) is 24.0 Å². The highest BCUT2D eigenvalue weighted by molar-refractivity contribution is 7.99. The quantitative estimate of drug-likeness (QED) is 0.820. The largest absolute Gasteiger partial charge is 0.312 e. The predicted molar refractivity (Wildman–Crippen MR) is 74.6 cm³/mol. The Morgan fingerprint density at radius 1 is 1.53 bits per heavy atom. The maximum atomic E-state index is 12.4. The summed E-state index contributed by atoms with van der Waals surface area (Å²) in [6, 6.07) is 8.19. The zero-order valence-electron chi connectivity index (χ0n) is 10.5. The van der Waals surface area contributed by atoms with Crippen molar-refractivity contribution in [1.82, 2.24) is 0 Å². The van der Waals surface area contributed by atoms with Crippen molar-refractivity contribution in [3.63, 3.8) is 0 Å². The van der Waals surface area contributed by atoms with Crippen LogP contribution in [0.5, 0.6) is 0 Å². The number of thioether (sulfide) groups is 1. The van der Waals surface area contributed by atoms with Crippen LogP contribution in [0.3, 0.4) is 0 Å². The van der Waals surface area contributed by atoms with Gasteiger partial charge in [-0.15, -0.1) is 0 Å². The van der Waals surface area contributed by atoms with Crippen molar-refractivity contribution in [2.45, 2.75) is 20.3 Å². The van der Waals surface area contributed by atoms with Gasteiger partial charge in [-0.1, -0.05) is 12.1 Å². The van der Waals surface area contributed by atoms with Crippen LogP contribution in [-0.2, 0) is 4.79 Å². The molecule has 0 spiro atoms. The van der Waals surface area contributed by atoms with Crippen molar-refractivity contribution < 1.29 is 4.79 Å². The third-order valence-corrected chi connectivity index (χ3v) is 4.34. The summed E-state index contributed by atoms with van der Waals surface area (Å²) in [4.78, 5) is 14.3. The minimum absolute atomic E-state index is 0.223. The highest BCUT2D eigenvalue weighted by Crippen LogP contribution is 2.27. The molecule has 1 aromatic carbocycles. The van der Waals surface area contributed by atoms with E-state index in [0.717, 1.165) is 30.2 Å². The Labute approximate surface area is 107 Å². The van der Waals surface area contributed by atoms with Gasteiger partial charge in [-0.25, -0.2) is 0 Å². The second-order valence-corrected chi connectivity index (χ2v) is 5.63. The minimum Gasteiger partial charge on any atom is -0.312 e. The molecule has 1 unspecified atom stereocenters. The van der Waals surface area contributed by atoms with Crippen molar-refractivity contribution in [3.05, 3.63) is 29.8 Å². The van der Waals surface area contributed by atoms with Crippen molar-refractivity contribution >= 4 is 23.4 Å². The average Bonchev–Trinajstić information content (AvgIpc) is 2.83. The summed E-state index contributed by atoms with van der Waals surface area (Å²) < 4.78 is 0. The molecule has 0 aliphatic carbocycles. The van der Waals surface area contributed by atoms with E-state index < -0.39 is 0 Å². The summed E-state index contributed by atoms with van der Waals surface area (Å²) in [5.41, 5.74) is 2.24. The monoisotopic (exact) mass is 249 g/mol. The molecule has 1 aromatic rings. The first-order valence-electron chi connectivity index (χ1n) is 6.18. The fraction of sp³-hybridized carbons (Fsp3) is 0.500. The Morgan fingerprint density at radius 3 is 2.94 bits per heavy atom. The SMILES string of the molecule is CCN(C(=O)C1CCSC1)c1cccc(C)c1. The van der Waals surface area contributed by atoms with Gasteiger partial charge in [-0.05, 0) is 43.7 Å². The summed E-state index contributed by atoms with van der Waals surface area (Å²) in [5, 5.41) is 0. The average molecular weight is 249 g/mol. The van der Waals surface area contributed by atoms with Gasteiger partial charge in [0.2, 0.25) is 5.91 Å². The maximum Gasteiger partial charge on any atom is 0.230 e. The van der Waals surface area contributed by atoms with Crippen LogP contribution in [0.4, 0.5) is 5.69 Å². The molecule has 3 heteroatoms. The van der Waals surface area contributed by atoms with Gasteiger partial charge in [0.25, 0.3) is 0 Å². The normalized spacial score (nSPS) is 19.3. The van der Waals surface area contributed by atoms with Crippen LogP contribution in [0.1, 0.15) is 18.9 Å². The number of carbonyl (C=O) groups is 1. The number of amides is 1. The number of rotatable bonds is 3. The molecule has 17 heavy (non-hydrogen) atoms. The topological polar surface area (TPSA) is 20.3 Å². The fourth-order valence-corrected chi connectivity index (χ4v) is 3.42. The van der Waals surface area contributed by atoms with E-state index in [1.165, 1.54) is 5.56 Å². The second-order valence-electron chi connectivity index (χ2n) is 4.48. The van der Waals surface area contributed by atoms with Crippen molar-refractivity contribution in [1.29, 1.82) is 0 Å². The van der Waals surface area contributed by atoms with E-state index in [0.29, 0.717) is 5.91 Å². The van der Waals surface area contributed by atoms with Crippen LogP contribution in [0.15, 0.2) is 24.3 Å². The van der Waals surface area contributed by atoms with Crippen LogP contribution in [0.25, 0.3) is 0 Å². The molecule has 1 amide bonds. The van der Waals surface area contributed by atoms with Gasteiger partial charge in [-0.3, -0.25) is 4.79 Å². The lowest BCUT2D eigenvalue weighted by atomic mass is 10.1. The van der Waals surface area contributed by atoms with Gasteiger partial charge in [0.1, 0.15) is 0 Å². The van der Waals surface area contributed by atoms with Crippen LogP contribution in [0, 0.1) is 12.8 Å². The van der Waals surface area contributed by atoms with Crippen LogP contribution >= 0.6 is 11.8 Å². The molecule has 0 radical (unpaired) electrons. The van der Waals surface area contributed by atoms with Crippen molar-refractivity contribution in [2.75, 3.05) is 23.0 Å². The lowest BCUT2D eigenvalue weighted by Crippen LogP contribution is -2.36. The molecule has 0 saturated carbocycles. The molecule has 1 heterocycles. The molecule has 0 aromatic heterocycles. The third kappa shape index (κ3) is 2.83. The fourth-order valence-electron chi connectivity index (χ4n) is 2.21. The van der Waals surface area contributed by atoms with Gasteiger partial charge < -0.3 is 4.90 Å². The van der Waals surface area contributed by atoms with Gasteiger partial charge in [0, 0.05) is 23.9 Å². The first kappa shape index (κ1) is 12.5. The van der Waals surface area contributed by atoms with E-state index in [1.807, 2.05) is 35.7 Å². The summed E-state index contributed by atoms with van der Waals surface area (Å²) in [6.07, 6.45) is 1.03. The molecule has 92 valence electrons. The number of hydrogen-bond donors (Lipinski definition) is 0. The second kappa shape index (κ2) is 5.58. The summed E-state index contributed by atoms with van der Waals surface area (Å²) in [6.45, 7) is 4.86. The minimum atomic E-state index is 0.223. The summed E-state index contributed by atoms with van der Waals surface area (Å²) in [7, 11) is 0. The number of anilines is 1. The molecular formula is C14H19NOS. The molecule has 1 saturated heterocycles. The van der Waals surface area contributed by atoms with Crippen molar-refractivity contribution in [2.24, 2.45) is 5.92 Å². The van der Waals surface area contributed by atoms with E-state index in [9.17, 15) is 4.79 Å². The van der Waals surface area contributed by atoms with Crippen LogP contribution < -0.4 is 4.90 Å². The standard InChI is InChI=1S/C14H19NOS/c1-3-15(13-6-4-5-11(2)9-13)14(16)12-7-8-17-10-12/h4-6,9,12H,3,7-8,10H2,1-2H3. The lowest BCUT2D eigenvalue weighted by molar-refractivity contribution is -0.121. The van der Waals surface area contributed by atoms with E-state index in [-0.39, 0.29) is 5.92 Å². The van der Waals surface area contributed by atoms with E-state index in [1.54, 1.807) is 0 Å². The Bertz CT molecular complexity index is 399. The molecular weight excluding hydrogens is 230 g/mol. The molecule has 2 nitrogen and oxygen atoms in total. The van der Waals surface area contributed by atoms with Gasteiger partial charge in [0.15, 0.2) is 0 Å². The Kier molecular flexibility index (Phi) is 4.11. The molecule has 1 atom stereocenters. The molecule has 2 rings (SSSR count). The number of nitrogens with zero attached hydrogens (tertiary/aromatic N) is 1. The number of aryl methyl sites for hydroxylation is 1. The van der Waals surface area contributed by atoms with Gasteiger partial charge in [-0.2, -0.15) is 11.8 Å². The number of benzene rings is 1. The number of carbonyl (C=O) groups excluding carboxylic acids is 1. The first-order valence-corrected chi connectivity index (χ1v) is 7.33. The molecule has 0 bridgehead atoms. The zero-order chi connectivity index (χ0) is 12.3. The maximum absolute atomic E-state index is 12.4. The summed E-state index contributed by atoms with van der Waals surface area (Å²) in [5.74, 6) is 2.63. The van der Waals surface area contributed by atoms with Gasteiger partial charge >= 0.3 is 0 Å². The zero-order valence-corrected chi connectivity index (χ0v) is 11.3. The highest BCUT2D eigenvalue weighted by Gasteiger charge is 2.27. The molecule has 1 aliphatic heterocycles. The third-order valence-electron chi connectivity index (χ3n) is 3.17. The molecule has 1 fully saturated rings. The van der Waals surface area contributed by atoms with E-state index >= 15 is 0 Å². The van der Waals surface area contributed by atoms with Crippen molar-refractivity contribution in [3.8, 4) is 0 Å². The Balaban J connectivity index is 2.17. The van der Waals surface area contributed by atoms with E-state index in [2.05, 4.69) is 19.1 Å². The first-order chi connectivity index (χ1) is 8.22. The van der Waals surface area contributed by atoms with Gasteiger partial charge in [0.05, 0.1) is 0 Å². The smallest absolute Gasteiger partial charge is 0.230 e.